The zero-order valence-corrected chi connectivity index (χ0v) is 12.9. The second-order valence-corrected chi connectivity index (χ2v) is 5.74. The van der Waals surface area contributed by atoms with Gasteiger partial charge < -0.3 is 9.84 Å². The van der Waals surface area contributed by atoms with Gasteiger partial charge in [0.1, 0.15) is 0 Å². The first kappa shape index (κ1) is 15.4. The average Bonchev–Trinajstić information content (AvgIpc) is 2.88. The Morgan fingerprint density at radius 2 is 2.20 bits per heavy atom. The number of rotatable bonds is 8. The van der Waals surface area contributed by atoms with Crippen molar-refractivity contribution in [3.8, 4) is 0 Å². The normalized spacial score (nSPS) is 19.6. The molecule has 2 rings (SSSR count). The lowest BCUT2D eigenvalue weighted by molar-refractivity contribution is 0.193. The first-order valence-electron chi connectivity index (χ1n) is 8.09. The predicted molar refractivity (Wildman–Crippen MR) is 79.5 cm³/mol. The Morgan fingerprint density at radius 1 is 1.30 bits per heavy atom. The topological polar surface area (TPSA) is 54.2 Å². The molecule has 0 amide bonds. The Hall–Kier alpha value is -0.940. The second kappa shape index (κ2) is 8.37. The van der Waals surface area contributed by atoms with E-state index in [0.717, 1.165) is 57.2 Å². The number of nitrogens with zero attached hydrogens (tertiary/aromatic N) is 3. The van der Waals surface area contributed by atoms with Crippen LogP contribution >= 0.6 is 0 Å². The lowest BCUT2D eigenvalue weighted by Crippen LogP contribution is -2.43. The molecule has 20 heavy (non-hydrogen) atoms. The smallest absolute Gasteiger partial charge is 0.240 e. The zero-order chi connectivity index (χ0) is 14.2. The molecule has 0 aromatic carbocycles. The molecule has 0 saturated carbocycles. The van der Waals surface area contributed by atoms with Gasteiger partial charge in [-0.1, -0.05) is 25.4 Å². The first-order chi connectivity index (χ1) is 9.81. The fourth-order valence-electron chi connectivity index (χ4n) is 2.81. The van der Waals surface area contributed by atoms with E-state index in [9.17, 15) is 0 Å². The molecule has 1 aromatic heterocycles. The molecule has 5 nitrogen and oxygen atoms in total. The van der Waals surface area contributed by atoms with E-state index in [-0.39, 0.29) is 0 Å². The van der Waals surface area contributed by atoms with Crippen LogP contribution in [-0.2, 0) is 13.0 Å². The molecule has 1 aromatic rings. The van der Waals surface area contributed by atoms with Gasteiger partial charge in [-0.2, -0.15) is 4.98 Å². The van der Waals surface area contributed by atoms with Crippen molar-refractivity contribution in [2.75, 3.05) is 19.6 Å². The molecule has 1 unspecified atom stereocenters. The van der Waals surface area contributed by atoms with Crippen molar-refractivity contribution >= 4 is 0 Å². The molecule has 5 heteroatoms. The molecule has 1 aliphatic heterocycles. The van der Waals surface area contributed by atoms with Crippen LogP contribution in [0.25, 0.3) is 0 Å². The maximum atomic E-state index is 5.36. The molecule has 1 atom stereocenters. The maximum Gasteiger partial charge on any atom is 0.240 e. The highest BCUT2D eigenvalue weighted by Crippen LogP contribution is 2.11. The van der Waals surface area contributed by atoms with E-state index >= 15 is 0 Å². The zero-order valence-electron chi connectivity index (χ0n) is 12.9. The number of nitrogens with one attached hydrogen (secondary N) is 1. The summed E-state index contributed by atoms with van der Waals surface area (Å²) in [6.45, 7) is 8.46. The fraction of sp³-hybridized carbons (Fsp3) is 0.867. The molecule has 114 valence electrons. The van der Waals surface area contributed by atoms with Crippen molar-refractivity contribution in [3.05, 3.63) is 11.7 Å². The quantitative estimate of drug-likeness (QED) is 0.792. The van der Waals surface area contributed by atoms with E-state index in [1.54, 1.807) is 0 Å². The predicted octanol–water partition coefficient (Wildman–Crippen LogP) is 2.38. The highest BCUT2D eigenvalue weighted by Gasteiger charge is 2.18. The molecule has 0 aliphatic carbocycles. The molecule has 2 heterocycles. The van der Waals surface area contributed by atoms with Gasteiger partial charge >= 0.3 is 0 Å². The van der Waals surface area contributed by atoms with Crippen LogP contribution in [-0.4, -0.2) is 40.7 Å². The number of piperidine rings is 1. The lowest BCUT2D eigenvalue weighted by atomic mass is 10.0. The summed E-state index contributed by atoms with van der Waals surface area (Å²) in [5.41, 5.74) is 0. The third kappa shape index (κ3) is 4.87. The van der Waals surface area contributed by atoms with E-state index in [2.05, 4.69) is 34.2 Å². The molecular formula is C15H28N4O. The van der Waals surface area contributed by atoms with Gasteiger partial charge in [0.25, 0.3) is 0 Å². The minimum atomic E-state index is 0.619. The average molecular weight is 280 g/mol. The SMILES string of the molecule is CCCc1noc(CN(CCC)CC2CCCCN2)n1. The van der Waals surface area contributed by atoms with Gasteiger partial charge in [0.05, 0.1) is 6.54 Å². The summed E-state index contributed by atoms with van der Waals surface area (Å²) in [6, 6.07) is 0.619. The van der Waals surface area contributed by atoms with Gasteiger partial charge in [-0.15, -0.1) is 0 Å². The molecule has 1 fully saturated rings. The van der Waals surface area contributed by atoms with Crippen LogP contribution in [0.1, 0.15) is 57.7 Å². The van der Waals surface area contributed by atoms with E-state index < -0.39 is 0 Å². The standard InChI is InChI=1S/C15H28N4O/c1-3-7-14-17-15(20-18-14)12-19(10-4-2)11-13-8-5-6-9-16-13/h13,16H,3-12H2,1-2H3. The summed E-state index contributed by atoms with van der Waals surface area (Å²) in [5.74, 6) is 1.60. The summed E-state index contributed by atoms with van der Waals surface area (Å²) in [7, 11) is 0. The summed E-state index contributed by atoms with van der Waals surface area (Å²) in [5, 5.41) is 7.65. The van der Waals surface area contributed by atoms with Crippen molar-refractivity contribution in [3.63, 3.8) is 0 Å². The van der Waals surface area contributed by atoms with E-state index in [1.165, 1.54) is 19.3 Å². The largest absolute Gasteiger partial charge is 0.338 e. The summed E-state index contributed by atoms with van der Waals surface area (Å²) >= 11 is 0. The Labute approximate surface area is 122 Å². The third-order valence-electron chi connectivity index (χ3n) is 3.77. The number of aromatic nitrogens is 2. The Morgan fingerprint density at radius 3 is 2.90 bits per heavy atom. The van der Waals surface area contributed by atoms with Gasteiger partial charge in [-0.3, -0.25) is 4.90 Å². The summed E-state index contributed by atoms with van der Waals surface area (Å²) < 4.78 is 5.36. The van der Waals surface area contributed by atoms with Crippen LogP contribution in [0.4, 0.5) is 0 Å². The van der Waals surface area contributed by atoms with E-state index in [0.29, 0.717) is 6.04 Å². The highest BCUT2D eigenvalue weighted by atomic mass is 16.5. The van der Waals surface area contributed by atoms with Crippen molar-refractivity contribution in [1.29, 1.82) is 0 Å². The lowest BCUT2D eigenvalue weighted by Gasteiger charge is -2.29. The molecule has 0 spiro atoms. The summed E-state index contributed by atoms with van der Waals surface area (Å²) in [4.78, 5) is 6.91. The monoisotopic (exact) mass is 280 g/mol. The molecule has 1 saturated heterocycles. The minimum absolute atomic E-state index is 0.619. The fourth-order valence-corrected chi connectivity index (χ4v) is 2.81. The highest BCUT2D eigenvalue weighted by molar-refractivity contribution is 4.87. The number of aryl methyl sites for hydroxylation is 1. The molecule has 1 aliphatic rings. The number of hydrogen-bond acceptors (Lipinski definition) is 5. The maximum absolute atomic E-state index is 5.36. The van der Waals surface area contributed by atoms with Gasteiger partial charge in [0, 0.05) is 19.0 Å². The Balaban J connectivity index is 1.86. The van der Waals surface area contributed by atoms with Crippen LogP contribution in [0, 0.1) is 0 Å². The van der Waals surface area contributed by atoms with Crippen molar-refractivity contribution < 1.29 is 4.52 Å². The molecule has 0 radical (unpaired) electrons. The molecular weight excluding hydrogens is 252 g/mol. The van der Waals surface area contributed by atoms with Gasteiger partial charge in [-0.25, -0.2) is 0 Å². The van der Waals surface area contributed by atoms with Crippen LogP contribution < -0.4 is 5.32 Å². The van der Waals surface area contributed by atoms with Crippen molar-refractivity contribution in [1.82, 2.24) is 20.4 Å². The van der Waals surface area contributed by atoms with Crippen LogP contribution in [0.5, 0.6) is 0 Å². The molecule has 1 N–H and O–H groups in total. The van der Waals surface area contributed by atoms with Gasteiger partial charge in [0.2, 0.25) is 5.89 Å². The van der Waals surface area contributed by atoms with Crippen LogP contribution in [0.2, 0.25) is 0 Å². The van der Waals surface area contributed by atoms with E-state index in [4.69, 9.17) is 4.52 Å². The first-order valence-corrected chi connectivity index (χ1v) is 8.09. The van der Waals surface area contributed by atoms with Gasteiger partial charge in [0.15, 0.2) is 5.82 Å². The number of hydrogen-bond donors (Lipinski definition) is 1. The van der Waals surface area contributed by atoms with Crippen molar-refractivity contribution in [2.45, 2.75) is 65.0 Å². The van der Waals surface area contributed by atoms with Crippen LogP contribution in [0.3, 0.4) is 0 Å². The third-order valence-corrected chi connectivity index (χ3v) is 3.77. The summed E-state index contributed by atoms with van der Waals surface area (Å²) in [6.07, 6.45) is 7.06. The Kier molecular flexibility index (Phi) is 6.47. The molecule has 0 bridgehead atoms. The Bertz CT molecular complexity index is 374. The second-order valence-electron chi connectivity index (χ2n) is 5.74. The van der Waals surface area contributed by atoms with E-state index in [1.807, 2.05) is 0 Å². The van der Waals surface area contributed by atoms with Crippen LogP contribution in [0.15, 0.2) is 4.52 Å². The minimum Gasteiger partial charge on any atom is -0.338 e. The van der Waals surface area contributed by atoms with Crippen molar-refractivity contribution in [2.24, 2.45) is 0 Å². The van der Waals surface area contributed by atoms with Gasteiger partial charge in [-0.05, 0) is 38.8 Å².